The van der Waals surface area contributed by atoms with Gasteiger partial charge in [0.05, 0.1) is 40.3 Å². The molecule has 6 rings (SSSR count). The van der Waals surface area contributed by atoms with Crippen LogP contribution in [-0.2, 0) is 6.42 Å². The van der Waals surface area contributed by atoms with Crippen LogP contribution in [0.1, 0.15) is 33.6 Å². The van der Waals surface area contributed by atoms with Crippen molar-refractivity contribution in [2.75, 3.05) is 6.54 Å². The van der Waals surface area contributed by atoms with E-state index in [1.807, 2.05) is 47.5 Å². The van der Waals surface area contributed by atoms with Crippen LogP contribution in [0.25, 0.3) is 16.6 Å². The SMILES string of the molecule is O=C(c1cnn2ccccc12)N1CCc2[nH]cnc2[C@H]1c1nc2ccc(Br)cc2[nH]1. The molecule has 1 aromatic carbocycles. The summed E-state index contributed by atoms with van der Waals surface area (Å²) in [5.41, 5.74) is 4.96. The van der Waals surface area contributed by atoms with E-state index in [9.17, 15) is 4.79 Å². The van der Waals surface area contributed by atoms with Crippen molar-refractivity contribution >= 4 is 38.4 Å². The van der Waals surface area contributed by atoms with Gasteiger partial charge in [0, 0.05) is 29.3 Å². The van der Waals surface area contributed by atoms with Crippen LogP contribution in [0, 0.1) is 0 Å². The van der Waals surface area contributed by atoms with Crippen molar-refractivity contribution in [1.29, 1.82) is 0 Å². The molecule has 5 aromatic rings. The fourth-order valence-corrected chi connectivity index (χ4v) is 4.52. The molecule has 0 saturated heterocycles. The third-order valence-corrected chi connectivity index (χ3v) is 6.06. The number of hydrogen-bond donors (Lipinski definition) is 2. The molecule has 0 bridgehead atoms. The Balaban J connectivity index is 1.49. The largest absolute Gasteiger partial charge is 0.348 e. The number of carbonyl (C=O) groups excluding carboxylic acids is 1. The van der Waals surface area contributed by atoms with Crippen LogP contribution in [0.5, 0.6) is 0 Å². The maximum atomic E-state index is 13.6. The van der Waals surface area contributed by atoms with Gasteiger partial charge in [-0.05, 0) is 30.3 Å². The molecule has 0 fully saturated rings. The highest BCUT2D eigenvalue weighted by Crippen LogP contribution is 2.34. The number of nitrogens with zero attached hydrogens (tertiary/aromatic N) is 5. The lowest BCUT2D eigenvalue weighted by molar-refractivity contribution is 0.0686. The summed E-state index contributed by atoms with van der Waals surface area (Å²) >= 11 is 3.50. The van der Waals surface area contributed by atoms with Crippen molar-refractivity contribution < 1.29 is 4.79 Å². The fraction of sp³-hybridized carbons (Fsp3) is 0.143. The van der Waals surface area contributed by atoms with Crippen LogP contribution in [0.4, 0.5) is 0 Å². The molecule has 4 aromatic heterocycles. The van der Waals surface area contributed by atoms with E-state index < -0.39 is 6.04 Å². The molecule has 9 heteroatoms. The Hall–Kier alpha value is -3.46. The number of pyridine rings is 1. The number of H-pyrrole nitrogens is 2. The molecule has 1 atom stereocenters. The standard InChI is InChI=1S/C21H16BrN7O/c22-12-4-5-14-16(9-12)27-20(26-14)19-18-15(23-11-24-18)6-8-28(19)21(30)13-10-25-29-7-2-1-3-17(13)29/h1-5,7,9-11,19H,6,8H2,(H,23,24)(H,26,27)/t19-/m0/s1. The molecule has 1 aliphatic rings. The molecule has 0 radical (unpaired) electrons. The third-order valence-electron chi connectivity index (χ3n) is 5.56. The predicted molar refractivity (Wildman–Crippen MR) is 114 cm³/mol. The molecular weight excluding hydrogens is 446 g/mol. The van der Waals surface area contributed by atoms with E-state index in [1.54, 1.807) is 17.0 Å². The summed E-state index contributed by atoms with van der Waals surface area (Å²) in [4.78, 5) is 31.4. The van der Waals surface area contributed by atoms with E-state index in [2.05, 4.69) is 36.0 Å². The van der Waals surface area contributed by atoms with Gasteiger partial charge in [-0.15, -0.1) is 0 Å². The molecular formula is C21H16BrN7O. The third kappa shape index (κ3) is 2.58. The molecule has 30 heavy (non-hydrogen) atoms. The first-order valence-corrected chi connectivity index (χ1v) is 10.4. The molecule has 8 nitrogen and oxygen atoms in total. The van der Waals surface area contributed by atoms with Gasteiger partial charge < -0.3 is 14.9 Å². The van der Waals surface area contributed by atoms with Gasteiger partial charge in [0.2, 0.25) is 0 Å². The van der Waals surface area contributed by atoms with Gasteiger partial charge in [0.25, 0.3) is 5.91 Å². The van der Waals surface area contributed by atoms with E-state index in [1.165, 1.54) is 0 Å². The number of rotatable bonds is 2. The number of hydrogen-bond acceptors (Lipinski definition) is 4. The van der Waals surface area contributed by atoms with Crippen molar-refractivity contribution in [2.24, 2.45) is 0 Å². The van der Waals surface area contributed by atoms with Gasteiger partial charge in [0.15, 0.2) is 0 Å². The van der Waals surface area contributed by atoms with Gasteiger partial charge in [0.1, 0.15) is 11.9 Å². The lowest BCUT2D eigenvalue weighted by atomic mass is 10.0. The molecule has 0 spiro atoms. The summed E-state index contributed by atoms with van der Waals surface area (Å²) < 4.78 is 2.68. The summed E-state index contributed by atoms with van der Waals surface area (Å²) in [5, 5.41) is 4.33. The monoisotopic (exact) mass is 461 g/mol. The summed E-state index contributed by atoms with van der Waals surface area (Å²) in [6.07, 6.45) is 5.86. The zero-order valence-corrected chi connectivity index (χ0v) is 17.3. The molecule has 1 amide bonds. The highest BCUT2D eigenvalue weighted by atomic mass is 79.9. The van der Waals surface area contributed by atoms with Crippen molar-refractivity contribution in [3.8, 4) is 0 Å². The average molecular weight is 462 g/mol. The Morgan fingerprint density at radius 1 is 1.23 bits per heavy atom. The fourth-order valence-electron chi connectivity index (χ4n) is 4.16. The van der Waals surface area contributed by atoms with Crippen LogP contribution in [-0.4, -0.2) is 46.9 Å². The van der Waals surface area contributed by atoms with Gasteiger partial charge in [-0.25, -0.2) is 14.5 Å². The number of amides is 1. The van der Waals surface area contributed by atoms with Gasteiger partial charge in [-0.2, -0.15) is 5.10 Å². The topological polar surface area (TPSA) is 95.0 Å². The van der Waals surface area contributed by atoms with Crippen LogP contribution < -0.4 is 0 Å². The van der Waals surface area contributed by atoms with Crippen molar-refractivity contribution in [3.05, 3.63) is 82.4 Å². The lowest BCUT2D eigenvalue weighted by Gasteiger charge is -2.33. The minimum Gasteiger partial charge on any atom is -0.348 e. The van der Waals surface area contributed by atoms with Crippen LogP contribution in [0.2, 0.25) is 0 Å². The quantitative estimate of drug-likeness (QED) is 0.420. The average Bonchev–Trinajstić information content (AvgIpc) is 3.49. The zero-order valence-electron chi connectivity index (χ0n) is 15.7. The first-order valence-electron chi connectivity index (χ1n) is 9.60. The minimum atomic E-state index is -0.405. The number of aromatic nitrogens is 6. The summed E-state index contributed by atoms with van der Waals surface area (Å²) in [6.45, 7) is 0.559. The molecule has 0 aliphatic carbocycles. The maximum Gasteiger partial charge on any atom is 0.258 e. The normalized spacial score (nSPS) is 16.3. The molecule has 0 saturated carbocycles. The highest BCUT2D eigenvalue weighted by Gasteiger charge is 2.37. The Morgan fingerprint density at radius 2 is 2.17 bits per heavy atom. The summed E-state index contributed by atoms with van der Waals surface area (Å²) in [6, 6.07) is 11.2. The van der Waals surface area contributed by atoms with E-state index >= 15 is 0 Å². The van der Waals surface area contributed by atoms with E-state index in [4.69, 9.17) is 4.98 Å². The Morgan fingerprint density at radius 3 is 3.10 bits per heavy atom. The summed E-state index contributed by atoms with van der Waals surface area (Å²) in [5.74, 6) is 0.609. The summed E-state index contributed by atoms with van der Waals surface area (Å²) in [7, 11) is 0. The Kier molecular flexibility index (Phi) is 3.79. The zero-order chi connectivity index (χ0) is 20.2. The number of fused-ring (bicyclic) bond motifs is 3. The van der Waals surface area contributed by atoms with Crippen molar-refractivity contribution in [1.82, 2.24) is 34.4 Å². The number of imidazole rings is 2. The predicted octanol–water partition coefficient (Wildman–Crippen LogP) is 3.48. The number of benzene rings is 1. The number of carbonyl (C=O) groups is 1. The second kappa shape index (κ2) is 6.53. The van der Waals surface area contributed by atoms with Gasteiger partial charge in [-0.1, -0.05) is 22.0 Å². The molecule has 2 N–H and O–H groups in total. The van der Waals surface area contributed by atoms with Crippen molar-refractivity contribution in [2.45, 2.75) is 12.5 Å². The molecule has 1 aliphatic heterocycles. The Labute approximate surface area is 179 Å². The molecule has 148 valence electrons. The van der Waals surface area contributed by atoms with Crippen molar-refractivity contribution in [3.63, 3.8) is 0 Å². The molecule has 5 heterocycles. The van der Waals surface area contributed by atoms with Crippen LogP contribution >= 0.6 is 15.9 Å². The second-order valence-electron chi connectivity index (χ2n) is 7.29. The number of halogens is 1. The number of nitrogens with one attached hydrogen (secondary N) is 2. The molecule has 0 unspecified atom stereocenters. The second-order valence-corrected chi connectivity index (χ2v) is 8.21. The minimum absolute atomic E-state index is 0.0866. The van der Waals surface area contributed by atoms with E-state index in [0.717, 1.165) is 32.4 Å². The number of aromatic amines is 2. The maximum absolute atomic E-state index is 13.6. The lowest BCUT2D eigenvalue weighted by Crippen LogP contribution is -2.41. The first kappa shape index (κ1) is 17.4. The van der Waals surface area contributed by atoms with E-state index in [-0.39, 0.29) is 5.91 Å². The Bertz CT molecular complexity index is 1420. The van der Waals surface area contributed by atoms with Crippen LogP contribution in [0.15, 0.2) is 59.6 Å². The highest BCUT2D eigenvalue weighted by molar-refractivity contribution is 9.10. The van der Waals surface area contributed by atoms with E-state index in [0.29, 0.717) is 24.4 Å². The van der Waals surface area contributed by atoms with Crippen LogP contribution in [0.3, 0.4) is 0 Å². The smallest absolute Gasteiger partial charge is 0.258 e. The van der Waals surface area contributed by atoms with Gasteiger partial charge in [-0.3, -0.25) is 4.79 Å². The van der Waals surface area contributed by atoms with Gasteiger partial charge >= 0.3 is 0 Å². The first-order chi connectivity index (χ1) is 14.7.